The Labute approximate surface area is 88.4 Å². The second-order valence-electron chi connectivity index (χ2n) is 4.17. The molecule has 0 spiro atoms. The van der Waals surface area contributed by atoms with Crippen molar-refractivity contribution in [3.05, 3.63) is 35.4 Å². The van der Waals surface area contributed by atoms with E-state index in [1.165, 1.54) is 11.1 Å². The van der Waals surface area contributed by atoms with Crippen LogP contribution in [0.1, 0.15) is 23.5 Å². The van der Waals surface area contributed by atoms with Gasteiger partial charge in [0.2, 0.25) is 0 Å². The molecule has 0 radical (unpaired) electrons. The molecule has 1 aromatic carbocycles. The molecule has 1 aliphatic heterocycles. The van der Waals surface area contributed by atoms with Crippen LogP contribution in [0.5, 0.6) is 0 Å². The van der Waals surface area contributed by atoms with Crippen molar-refractivity contribution in [1.29, 1.82) is 0 Å². The van der Waals surface area contributed by atoms with Gasteiger partial charge in [-0.3, -0.25) is 0 Å². The van der Waals surface area contributed by atoms with E-state index in [1.54, 1.807) is 0 Å². The molecule has 1 N–H and O–H groups in total. The van der Waals surface area contributed by atoms with Crippen LogP contribution in [0.2, 0.25) is 0 Å². The summed E-state index contributed by atoms with van der Waals surface area (Å²) in [5, 5.41) is 2.72. The lowest BCUT2D eigenvalue weighted by Crippen LogP contribution is -2.21. The number of carbonyl (C=O) groups is 1. The quantitative estimate of drug-likeness (QED) is 0.756. The van der Waals surface area contributed by atoms with Gasteiger partial charge in [-0.1, -0.05) is 24.3 Å². The summed E-state index contributed by atoms with van der Waals surface area (Å²) in [6, 6.07) is 8.44. The summed E-state index contributed by atoms with van der Waals surface area (Å²) in [4.78, 5) is 11.0. The third-order valence-corrected chi connectivity index (χ3v) is 3.33. The van der Waals surface area contributed by atoms with Crippen molar-refractivity contribution in [2.24, 2.45) is 0 Å². The molecule has 0 aromatic heterocycles. The molecule has 3 nitrogen and oxygen atoms in total. The monoisotopic (exact) mass is 203 g/mol. The summed E-state index contributed by atoms with van der Waals surface area (Å²) in [5.74, 6) is 0.389. The smallest absolute Gasteiger partial charge is 0.407 e. The number of benzene rings is 1. The molecule has 3 heteroatoms. The van der Waals surface area contributed by atoms with Crippen molar-refractivity contribution in [3.63, 3.8) is 0 Å². The Morgan fingerprint density at radius 1 is 1.33 bits per heavy atom. The van der Waals surface area contributed by atoms with Crippen LogP contribution >= 0.6 is 0 Å². The fourth-order valence-electron chi connectivity index (χ4n) is 2.61. The third-order valence-electron chi connectivity index (χ3n) is 3.33. The minimum atomic E-state index is -0.274. The maximum atomic E-state index is 11.0. The van der Waals surface area contributed by atoms with Gasteiger partial charge in [-0.2, -0.15) is 0 Å². The zero-order valence-corrected chi connectivity index (χ0v) is 8.40. The fourth-order valence-corrected chi connectivity index (χ4v) is 2.61. The van der Waals surface area contributed by atoms with Crippen molar-refractivity contribution in [2.75, 3.05) is 6.54 Å². The normalized spacial score (nSPS) is 28.4. The lowest BCUT2D eigenvalue weighted by molar-refractivity contribution is 0.125. The van der Waals surface area contributed by atoms with E-state index in [4.69, 9.17) is 4.74 Å². The summed E-state index contributed by atoms with van der Waals surface area (Å²) in [6.45, 7) is 0.651. The number of aryl methyl sites for hydroxylation is 1. The summed E-state index contributed by atoms with van der Waals surface area (Å²) in [5.41, 5.74) is 2.77. The standard InChI is InChI=1S/C12H13NO2/c14-12-13-7-11(15-12)10-6-5-8-3-1-2-4-9(8)10/h1-4,10-11H,5-7H2,(H,13,14). The highest BCUT2D eigenvalue weighted by Gasteiger charge is 2.35. The summed E-state index contributed by atoms with van der Waals surface area (Å²) in [7, 11) is 0. The number of hydrogen-bond donors (Lipinski definition) is 1. The number of fused-ring (bicyclic) bond motifs is 1. The topological polar surface area (TPSA) is 38.3 Å². The van der Waals surface area contributed by atoms with Crippen molar-refractivity contribution in [2.45, 2.75) is 24.9 Å². The first-order valence-corrected chi connectivity index (χ1v) is 5.37. The molecular formula is C12H13NO2. The third kappa shape index (κ3) is 1.39. The van der Waals surface area contributed by atoms with Gasteiger partial charge in [0.1, 0.15) is 6.10 Å². The zero-order chi connectivity index (χ0) is 10.3. The fraction of sp³-hybridized carbons (Fsp3) is 0.417. The van der Waals surface area contributed by atoms with Crippen LogP contribution in [0.15, 0.2) is 24.3 Å². The van der Waals surface area contributed by atoms with Crippen molar-refractivity contribution in [3.8, 4) is 0 Å². The van der Waals surface area contributed by atoms with E-state index in [1.807, 2.05) is 0 Å². The van der Waals surface area contributed by atoms with E-state index in [9.17, 15) is 4.79 Å². The number of carbonyl (C=O) groups excluding carboxylic acids is 1. The maximum absolute atomic E-state index is 11.0. The number of cyclic esters (lactones) is 1. The number of hydrogen-bond acceptors (Lipinski definition) is 2. The van der Waals surface area contributed by atoms with Gasteiger partial charge in [0.25, 0.3) is 0 Å². The first-order chi connectivity index (χ1) is 7.34. The van der Waals surface area contributed by atoms with Crippen LogP contribution in [0, 0.1) is 0 Å². The Hall–Kier alpha value is -1.51. The Morgan fingerprint density at radius 3 is 3.00 bits per heavy atom. The molecule has 1 heterocycles. The highest BCUT2D eigenvalue weighted by atomic mass is 16.6. The van der Waals surface area contributed by atoms with Gasteiger partial charge >= 0.3 is 6.09 Å². The number of alkyl carbamates (subject to hydrolysis) is 1. The molecular weight excluding hydrogens is 190 g/mol. The summed E-state index contributed by atoms with van der Waals surface area (Å²) < 4.78 is 5.25. The van der Waals surface area contributed by atoms with Crippen LogP contribution < -0.4 is 5.32 Å². The maximum Gasteiger partial charge on any atom is 0.407 e. The first kappa shape index (κ1) is 8.77. The minimum absolute atomic E-state index is 0.0288. The Morgan fingerprint density at radius 2 is 2.20 bits per heavy atom. The predicted octanol–water partition coefficient (Wildman–Crippen LogP) is 1.82. The molecule has 1 saturated heterocycles. The van der Waals surface area contributed by atoms with Crippen LogP contribution in [-0.2, 0) is 11.2 Å². The number of ether oxygens (including phenoxy) is 1. The van der Waals surface area contributed by atoms with E-state index in [2.05, 4.69) is 29.6 Å². The van der Waals surface area contributed by atoms with E-state index >= 15 is 0 Å². The molecule has 2 unspecified atom stereocenters. The van der Waals surface area contributed by atoms with Crippen molar-refractivity contribution in [1.82, 2.24) is 5.32 Å². The highest BCUT2D eigenvalue weighted by Crippen LogP contribution is 2.37. The Kier molecular flexibility index (Phi) is 1.91. The molecule has 1 aromatic rings. The van der Waals surface area contributed by atoms with Gasteiger partial charge in [0.15, 0.2) is 0 Å². The number of rotatable bonds is 1. The first-order valence-electron chi connectivity index (χ1n) is 5.37. The average molecular weight is 203 g/mol. The van der Waals surface area contributed by atoms with Gasteiger partial charge in [0.05, 0.1) is 6.54 Å². The largest absolute Gasteiger partial charge is 0.444 e. The minimum Gasteiger partial charge on any atom is -0.444 e. The SMILES string of the molecule is O=C1NCC(C2CCc3ccccc32)O1. The van der Waals surface area contributed by atoms with E-state index in [0.717, 1.165) is 12.8 Å². The van der Waals surface area contributed by atoms with Gasteiger partial charge in [0, 0.05) is 5.92 Å². The molecule has 3 rings (SSSR count). The Bertz CT molecular complexity index is 402. The van der Waals surface area contributed by atoms with Gasteiger partial charge < -0.3 is 10.1 Å². The van der Waals surface area contributed by atoms with Crippen LogP contribution in [0.25, 0.3) is 0 Å². The van der Waals surface area contributed by atoms with Crippen LogP contribution in [-0.4, -0.2) is 18.7 Å². The number of amides is 1. The van der Waals surface area contributed by atoms with Crippen LogP contribution in [0.3, 0.4) is 0 Å². The molecule has 78 valence electrons. The zero-order valence-electron chi connectivity index (χ0n) is 8.40. The van der Waals surface area contributed by atoms with Crippen molar-refractivity contribution < 1.29 is 9.53 Å². The molecule has 0 saturated carbocycles. The molecule has 1 amide bonds. The predicted molar refractivity (Wildman–Crippen MR) is 55.8 cm³/mol. The Balaban J connectivity index is 1.87. The van der Waals surface area contributed by atoms with Crippen molar-refractivity contribution >= 4 is 6.09 Å². The highest BCUT2D eigenvalue weighted by molar-refractivity contribution is 5.69. The molecule has 15 heavy (non-hydrogen) atoms. The van der Waals surface area contributed by atoms with E-state index in [-0.39, 0.29) is 12.2 Å². The molecule has 1 fully saturated rings. The molecule has 2 atom stereocenters. The molecule has 0 bridgehead atoms. The summed E-state index contributed by atoms with van der Waals surface area (Å²) in [6.07, 6.45) is 1.96. The second kappa shape index (κ2) is 3.26. The summed E-state index contributed by atoms with van der Waals surface area (Å²) >= 11 is 0. The van der Waals surface area contributed by atoms with E-state index < -0.39 is 0 Å². The number of nitrogens with one attached hydrogen (secondary N) is 1. The van der Waals surface area contributed by atoms with Gasteiger partial charge in [-0.25, -0.2) is 4.79 Å². The van der Waals surface area contributed by atoms with E-state index in [0.29, 0.717) is 12.5 Å². The molecule has 1 aliphatic carbocycles. The second-order valence-corrected chi connectivity index (χ2v) is 4.17. The van der Waals surface area contributed by atoms with Gasteiger partial charge in [-0.15, -0.1) is 0 Å². The lowest BCUT2D eigenvalue weighted by atomic mass is 9.95. The van der Waals surface area contributed by atoms with Crippen LogP contribution in [0.4, 0.5) is 4.79 Å². The molecule has 2 aliphatic rings. The average Bonchev–Trinajstić information content (AvgIpc) is 2.83. The lowest BCUT2D eigenvalue weighted by Gasteiger charge is -2.16. The van der Waals surface area contributed by atoms with Gasteiger partial charge in [-0.05, 0) is 24.0 Å².